The van der Waals surface area contributed by atoms with Crippen LogP contribution in [0.2, 0.25) is 0 Å². The summed E-state index contributed by atoms with van der Waals surface area (Å²) >= 11 is 3.40. The number of halogens is 1. The van der Waals surface area contributed by atoms with E-state index in [1.54, 1.807) is 18.2 Å². The third kappa shape index (κ3) is 4.64. The van der Waals surface area contributed by atoms with Crippen LogP contribution in [0.1, 0.15) is 12.5 Å². The maximum Gasteiger partial charge on any atom is 0.262 e. The highest BCUT2D eigenvalue weighted by Gasteiger charge is 2.13. The van der Waals surface area contributed by atoms with Crippen LogP contribution in [0.4, 0.5) is 0 Å². The third-order valence-corrected chi connectivity index (χ3v) is 3.21. The second-order valence-electron chi connectivity index (χ2n) is 4.14. The Morgan fingerprint density at radius 1 is 1.55 bits per heavy atom. The molecule has 0 radical (unpaired) electrons. The summed E-state index contributed by atoms with van der Waals surface area (Å²) in [6.07, 6.45) is 3.03. The van der Waals surface area contributed by atoms with E-state index in [2.05, 4.69) is 27.8 Å². The zero-order valence-corrected chi connectivity index (χ0v) is 14.1. The number of amides is 1. The zero-order valence-electron chi connectivity index (χ0n) is 12.5. The summed E-state index contributed by atoms with van der Waals surface area (Å²) in [7, 11) is 1.53. The fourth-order valence-electron chi connectivity index (χ4n) is 1.68. The van der Waals surface area contributed by atoms with Crippen molar-refractivity contribution in [2.24, 2.45) is 0 Å². The van der Waals surface area contributed by atoms with E-state index in [0.717, 1.165) is 0 Å². The fourth-order valence-corrected chi connectivity index (χ4v) is 2.26. The lowest BCUT2D eigenvalue weighted by Gasteiger charge is -2.12. The molecule has 6 heteroatoms. The van der Waals surface area contributed by atoms with Crippen LogP contribution in [0.5, 0.6) is 11.5 Å². The standard InChI is InChI=1S/C16H17BrN2O3/c1-4-6-19-16(20)12(10-18)7-11-8-13(17)15(22-5-2)14(9-11)21-3/h4,7-9H,1,5-6H2,2-3H3,(H,19,20)/b12-7+. The zero-order chi connectivity index (χ0) is 16.5. The Balaban J connectivity index is 3.18. The van der Waals surface area contributed by atoms with E-state index >= 15 is 0 Å². The Hall–Kier alpha value is -2.26. The van der Waals surface area contributed by atoms with Gasteiger partial charge in [-0.2, -0.15) is 5.26 Å². The number of nitrogens with one attached hydrogen (secondary N) is 1. The van der Waals surface area contributed by atoms with Gasteiger partial charge in [0, 0.05) is 6.54 Å². The quantitative estimate of drug-likeness (QED) is 0.458. The Labute approximate surface area is 138 Å². The molecule has 0 aliphatic heterocycles. The van der Waals surface area contributed by atoms with Crippen LogP contribution in [0, 0.1) is 11.3 Å². The molecule has 1 aromatic carbocycles. The highest BCUT2D eigenvalue weighted by Crippen LogP contribution is 2.37. The van der Waals surface area contributed by atoms with E-state index in [0.29, 0.717) is 34.7 Å². The van der Waals surface area contributed by atoms with Gasteiger partial charge in [-0.05, 0) is 46.6 Å². The smallest absolute Gasteiger partial charge is 0.262 e. The number of benzene rings is 1. The summed E-state index contributed by atoms with van der Waals surface area (Å²) in [5, 5.41) is 11.7. The predicted octanol–water partition coefficient (Wildman–Crippen LogP) is 3.07. The van der Waals surface area contributed by atoms with Crippen LogP contribution in [0.25, 0.3) is 6.08 Å². The number of nitriles is 1. The lowest BCUT2D eigenvalue weighted by Crippen LogP contribution is -2.24. The average molecular weight is 365 g/mol. The van der Waals surface area contributed by atoms with Gasteiger partial charge in [-0.25, -0.2) is 0 Å². The van der Waals surface area contributed by atoms with E-state index in [4.69, 9.17) is 14.7 Å². The van der Waals surface area contributed by atoms with Crippen molar-refractivity contribution >= 4 is 27.9 Å². The van der Waals surface area contributed by atoms with Crippen molar-refractivity contribution in [2.75, 3.05) is 20.3 Å². The van der Waals surface area contributed by atoms with Gasteiger partial charge in [0.25, 0.3) is 5.91 Å². The van der Waals surface area contributed by atoms with E-state index < -0.39 is 5.91 Å². The van der Waals surface area contributed by atoms with Crippen LogP contribution < -0.4 is 14.8 Å². The fraction of sp³-hybridized carbons (Fsp3) is 0.250. The van der Waals surface area contributed by atoms with E-state index in [9.17, 15) is 4.79 Å². The molecule has 22 heavy (non-hydrogen) atoms. The molecular formula is C16H17BrN2O3. The minimum atomic E-state index is -0.452. The van der Waals surface area contributed by atoms with Crippen molar-refractivity contribution in [1.29, 1.82) is 5.26 Å². The second-order valence-corrected chi connectivity index (χ2v) is 4.99. The predicted molar refractivity (Wildman–Crippen MR) is 88.7 cm³/mol. The first-order chi connectivity index (χ1) is 10.6. The number of ether oxygens (including phenoxy) is 2. The van der Waals surface area contributed by atoms with E-state index in [1.165, 1.54) is 13.2 Å². The van der Waals surface area contributed by atoms with Gasteiger partial charge in [0.05, 0.1) is 18.2 Å². The van der Waals surface area contributed by atoms with Crippen LogP contribution in [-0.4, -0.2) is 26.2 Å². The third-order valence-electron chi connectivity index (χ3n) is 2.62. The van der Waals surface area contributed by atoms with Crippen LogP contribution in [0.3, 0.4) is 0 Å². The summed E-state index contributed by atoms with van der Waals surface area (Å²) in [6, 6.07) is 5.34. The van der Waals surface area contributed by atoms with Gasteiger partial charge in [0.2, 0.25) is 0 Å². The molecule has 1 amide bonds. The van der Waals surface area contributed by atoms with Crippen molar-refractivity contribution in [3.63, 3.8) is 0 Å². The van der Waals surface area contributed by atoms with E-state index in [1.807, 2.05) is 13.0 Å². The van der Waals surface area contributed by atoms with Gasteiger partial charge in [0.15, 0.2) is 11.5 Å². The summed E-state index contributed by atoms with van der Waals surface area (Å²) < 4.78 is 11.5. The van der Waals surface area contributed by atoms with Gasteiger partial charge in [0.1, 0.15) is 11.6 Å². The number of hydrogen-bond acceptors (Lipinski definition) is 4. The molecule has 1 aromatic rings. The largest absolute Gasteiger partial charge is 0.493 e. The van der Waals surface area contributed by atoms with Crippen molar-refractivity contribution in [3.05, 3.63) is 40.4 Å². The number of carbonyl (C=O) groups excluding carboxylic acids is 1. The maximum absolute atomic E-state index is 11.8. The average Bonchev–Trinajstić information content (AvgIpc) is 2.52. The summed E-state index contributed by atoms with van der Waals surface area (Å²) in [5.74, 6) is 0.648. The molecular weight excluding hydrogens is 348 g/mol. The molecule has 0 saturated heterocycles. The SMILES string of the molecule is C=CCNC(=O)/C(C#N)=C/c1cc(Br)c(OCC)c(OC)c1. The summed E-state index contributed by atoms with van der Waals surface area (Å²) in [4.78, 5) is 11.8. The first-order valence-electron chi connectivity index (χ1n) is 6.58. The molecule has 116 valence electrons. The number of hydrogen-bond donors (Lipinski definition) is 1. The molecule has 0 bridgehead atoms. The van der Waals surface area contributed by atoms with Crippen LogP contribution >= 0.6 is 15.9 Å². The minimum absolute atomic E-state index is 0.0000343. The number of methoxy groups -OCH3 is 1. The molecule has 0 atom stereocenters. The lowest BCUT2D eigenvalue weighted by molar-refractivity contribution is -0.116. The van der Waals surface area contributed by atoms with Gasteiger partial charge < -0.3 is 14.8 Å². The van der Waals surface area contributed by atoms with Crippen LogP contribution in [0.15, 0.2) is 34.8 Å². The van der Waals surface area contributed by atoms with Gasteiger partial charge in [-0.1, -0.05) is 6.08 Å². The molecule has 0 spiro atoms. The molecule has 0 fully saturated rings. The summed E-state index contributed by atoms with van der Waals surface area (Å²) in [6.45, 7) is 6.18. The summed E-state index contributed by atoms with van der Waals surface area (Å²) in [5.41, 5.74) is 0.650. The molecule has 0 aliphatic carbocycles. The Kier molecular flexibility index (Phi) is 7.20. The molecule has 0 unspecified atom stereocenters. The molecule has 0 aromatic heterocycles. The molecule has 0 saturated carbocycles. The van der Waals surface area contributed by atoms with Gasteiger partial charge in [-0.15, -0.1) is 6.58 Å². The number of rotatable bonds is 7. The Morgan fingerprint density at radius 2 is 2.27 bits per heavy atom. The molecule has 0 heterocycles. The van der Waals surface area contributed by atoms with E-state index in [-0.39, 0.29) is 5.57 Å². The minimum Gasteiger partial charge on any atom is -0.493 e. The highest BCUT2D eigenvalue weighted by molar-refractivity contribution is 9.10. The van der Waals surface area contributed by atoms with Crippen molar-refractivity contribution in [1.82, 2.24) is 5.32 Å². The molecule has 0 aliphatic rings. The van der Waals surface area contributed by atoms with Crippen molar-refractivity contribution < 1.29 is 14.3 Å². The van der Waals surface area contributed by atoms with Crippen molar-refractivity contribution in [3.8, 4) is 17.6 Å². The normalized spacial score (nSPS) is 10.5. The van der Waals surface area contributed by atoms with Crippen molar-refractivity contribution in [2.45, 2.75) is 6.92 Å². The van der Waals surface area contributed by atoms with Crippen LogP contribution in [-0.2, 0) is 4.79 Å². The molecule has 1 N–H and O–H groups in total. The van der Waals surface area contributed by atoms with Gasteiger partial charge >= 0.3 is 0 Å². The first-order valence-corrected chi connectivity index (χ1v) is 7.37. The number of nitrogens with zero attached hydrogens (tertiary/aromatic N) is 1. The number of carbonyl (C=O) groups is 1. The molecule has 5 nitrogen and oxygen atoms in total. The molecule has 1 rings (SSSR count). The first kappa shape index (κ1) is 17.8. The van der Waals surface area contributed by atoms with Gasteiger partial charge in [-0.3, -0.25) is 4.79 Å². The Morgan fingerprint density at radius 3 is 2.82 bits per heavy atom. The highest BCUT2D eigenvalue weighted by atomic mass is 79.9. The second kappa shape index (κ2) is 8.90. The lowest BCUT2D eigenvalue weighted by atomic mass is 10.1. The topological polar surface area (TPSA) is 71.4 Å². The maximum atomic E-state index is 11.8. The monoisotopic (exact) mass is 364 g/mol. The Bertz CT molecular complexity index is 633.